The SMILES string of the molecule is CN(CCOc1cccc(Cl)c1)C(=O)Cc1ccccc1[N+](=O)[O-]. The van der Waals surface area contributed by atoms with Crippen LogP contribution in [0.15, 0.2) is 48.5 Å². The number of amides is 1. The number of nitro groups is 1. The number of para-hydroxylation sites is 1. The lowest BCUT2D eigenvalue weighted by molar-refractivity contribution is -0.385. The van der Waals surface area contributed by atoms with Gasteiger partial charge in [-0.15, -0.1) is 0 Å². The van der Waals surface area contributed by atoms with E-state index < -0.39 is 4.92 Å². The van der Waals surface area contributed by atoms with E-state index >= 15 is 0 Å². The lowest BCUT2D eigenvalue weighted by atomic mass is 10.1. The molecule has 2 rings (SSSR count). The minimum absolute atomic E-state index is 0.0230. The van der Waals surface area contributed by atoms with Gasteiger partial charge in [-0.2, -0.15) is 0 Å². The van der Waals surface area contributed by atoms with Gasteiger partial charge < -0.3 is 9.64 Å². The average molecular weight is 349 g/mol. The van der Waals surface area contributed by atoms with Gasteiger partial charge in [0.2, 0.25) is 5.91 Å². The van der Waals surface area contributed by atoms with Crippen LogP contribution in [0.2, 0.25) is 5.02 Å². The number of ether oxygens (including phenoxy) is 1. The molecule has 0 unspecified atom stereocenters. The molecule has 0 N–H and O–H groups in total. The van der Waals surface area contributed by atoms with Crippen LogP contribution in [0.4, 0.5) is 5.69 Å². The maximum absolute atomic E-state index is 12.2. The molecule has 0 saturated heterocycles. The Kier molecular flexibility index (Phi) is 6.14. The van der Waals surface area contributed by atoms with Crippen molar-refractivity contribution in [3.05, 3.63) is 69.2 Å². The van der Waals surface area contributed by atoms with Crippen LogP contribution in [-0.4, -0.2) is 35.9 Å². The Morgan fingerprint density at radius 2 is 2.00 bits per heavy atom. The summed E-state index contributed by atoms with van der Waals surface area (Å²) >= 11 is 5.87. The fourth-order valence-corrected chi connectivity index (χ4v) is 2.30. The van der Waals surface area contributed by atoms with E-state index in [9.17, 15) is 14.9 Å². The number of carbonyl (C=O) groups excluding carboxylic acids is 1. The molecule has 7 heteroatoms. The number of halogens is 1. The Bertz CT molecular complexity index is 736. The van der Waals surface area contributed by atoms with Crippen LogP contribution in [0.1, 0.15) is 5.56 Å². The highest BCUT2D eigenvalue weighted by atomic mass is 35.5. The van der Waals surface area contributed by atoms with Crippen molar-refractivity contribution in [1.29, 1.82) is 0 Å². The summed E-state index contributed by atoms with van der Waals surface area (Å²) in [7, 11) is 1.64. The van der Waals surface area contributed by atoms with E-state index in [4.69, 9.17) is 16.3 Å². The van der Waals surface area contributed by atoms with Crippen LogP contribution in [0.25, 0.3) is 0 Å². The van der Waals surface area contributed by atoms with Crippen LogP contribution >= 0.6 is 11.6 Å². The summed E-state index contributed by atoms with van der Waals surface area (Å²) in [5, 5.41) is 11.6. The van der Waals surface area contributed by atoms with Gasteiger partial charge in [0.15, 0.2) is 0 Å². The Morgan fingerprint density at radius 1 is 1.25 bits per heavy atom. The monoisotopic (exact) mass is 348 g/mol. The predicted octanol–water partition coefficient (Wildman–Crippen LogP) is 3.33. The third kappa shape index (κ3) is 4.96. The third-order valence-electron chi connectivity index (χ3n) is 3.45. The van der Waals surface area contributed by atoms with Gasteiger partial charge in [-0.05, 0) is 18.2 Å². The summed E-state index contributed by atoms with van der Waals surface area (Å²) in [6.07, 6.45) is -0.0230. The summed E-state index contributed by atoms with van der Waals surface area (Å²) in [5.41, 5.74) is 0.351. The minimum Gasteiger partial charge on any atom is -0.492 e. The standard InChI is InChI=1S/C17H17ClN2O4/c1-19(9-10-24-15-7-4-6-14(18)12-15)17(21)11-13-5-2-3-8-16(13)20(22)23/h2-8,12H,9-11H2,1H3. The van der Waals surface area contributed by atoms with Crippen molar-refractivity contribution < 1.29 is 14.5 Å². The Labute approximate surface area is 144 Å². The highest BCUT2D eigenvalue weighted by Gasteiger charge is 2.17. The molecule has 0 atom stereocenters. The normalized spacial score (nSPS) is 10.2. The zero-order valence-electron chi connectivity index (χ0n) is 13.1. The first-order valence-electron chi connectivity index (χ1n) is 7.32. The Balaban J connectivity index is 1.87. The summed E-state index contributed by atoms with van der Waals surface area (Å²) < 4.78 is 5.53. The number of benzene rings is 2. The van der Waals surface area contributed by atoms with E-state index in [1.54, 1.807) is 49.5 Å². The zero-order valence-corrected chi connectivity index (χ0v) is 13.9. The van der Waals surface area contributed by atoms with Crippen LogP contribution in [0.5, 0.6) is 5.75 Å². The second-order valence-electron chi connectivity index (χ2n) is 5.18. The molecule has 0 heterocycles. The molecule has 0 radical (unpaired) electrons. The van der Waals surface area contributed by atoms with Crippen molar-refractivity contribution in [2.75, 3.05) is 20.2 Å². The Morgan fingerprint density at radius 3 is 2.71 bits per heavy atom. The summed E-state index contributed by atoms with van der Waals surface area (Å²) in [4.78, 5) is 24.2. The summed E-state index contributed by atoms with van der Waals surface area (Å²) in [6.45, 7) is 0.672. The van der Waals surface area contributed by atoms with E-state index in [1.165, 1.54) is 11.0 Å². The predicted molar refractivity (Wildman–Crippen MR) is 91.4 cm³/mol. The topological polar surface area (TPSA) is 72.7 Å². The Hall–Kier alpha value is -2.60. The number of hydrogen-bond donors (Lipinski definition) is 0. The molecule has 24 heavy (non-hydrogen) atoms. The molecule has 6 nitrogen and oxygen atoms in total. The van der Waals surface area contributed by atoms with Gasteiger partial charge in [0.1, 0.15) is 12.4 Å². The lowest BCUT2D eigenvalue weighted by Gasteiger charge is -2.17. The van der Waals surface area contributed by atoms with E-state index in [0.717, 1.165) is 0 Å². The molecule has 126 valence electrons. The number of nitrogens with zero attached hydrogens (tertiary/aromatic N) is 2. The fourth-order valence-electron chi connectivity index (χ4n) is 2.12. The second kappa shape index (κ2) is 8.31. The zero-order chi connectivity index (χ0) is 17.5. The third-order valence-corrected chi connectivity index (χ3v) is 3.68. The molecule has 2 aromatic rings. The van der Waals surface area contributed by atoms with E-state index in [0.29, 0.717) is 29.5 Å². The first-order chi connectivity index (χ1) is 11.5. The summed E-state index contributed by atoms with van der Waals surface area (Å²) in [5.74, 6) is 0.418. The molecule has 1 amide bonds. The van der Waals surface area contributed by atoms with E-state index in [1.807, 2.05) is 0 Å². The van der Waals surface area contributed by atoms with Gasteiger partial charge in [0.05, 0.1) is 17.9 Å². The molecule has 0 aliphatic heterocycles. The van der Waals surface area contributed by atoms with Crippen molar-refractivity contribution in [3.8, 4) is 5.75 Å². The molecule has 0 bridgehead atoms. The maximum atomic E-state index is 12.2. The van der Waals surface area contributed by atoms with Crippen LogP contribution in [-0.2, 0) is 11.2 Å². The maximum Gasteiger partial charge on any atom is 0.273 e. The van der Waals surface area contributed by atoms with Gasteiger partial charge in [0.25, 0.3) is 5.69 Å². The number of hydrogen-bond acceptors (Lipinski definition) is 4. The first kappa shape index (κ1) is 17.7. The van der Waals surface area contributed by atoms with E-state index in [-0.39, 0.29) is 18.0 Å². The van der Waals surface area contributed by atoms with Crippen LogP contribution in [0, 0.1) is 10.1 Å². The molecular weight excluding hydrogens is 332 g/mol. The van der Waals surface area contributed by atoms with Crippen molar-refractivity contribution in [2.45, 2.75) is 6.42 Å². The van der Waals surface area contributed by atoms with Gasteiger partial charge in [-0.25, -0.2) is 0 Å². The van der Waals surface area contributed by atoms with Crippen molar-refractivity contribution >= 4 is 23.2 Å². The quantitative estimate of drug-likeness (QED) is 0.568. The van der Waals surface area contributed by atoms with Crippen molar-refractivity contribution in [2.24, 2.45) is 0 Å². The van der Waals surface area contributed by atoms with Gasteiger partial charge >= 0.3 is 0 Å². The number of rotatable bonds is 7. The number of carbonyl (C=O) groups is 1. The second-order valence-corrected chi connectivity index (χ2v) is 5.62. The number of nitro benzene ring substituents is 1. The molecule has 0 saturated carbocycles. The largest absolute Gasteiger partial charge is 0.492 e. The molecule has 0 aliphatic carbocycles. The minimum atomic E-state index is -0.481. The smallest absolute Gasteiger partial charge is 0.273 e. The fraction of sp³-hybridized carbons (Fsp3) is 0.235. The van der Waals surface area contributed by atoms with Crippen molar-refractivity contribution in [1.82, 2.24) is 4.90 Å². The molecule has 0 aliphatic rings. The average Bonchev–Trinajstić information content (AvgIpc) is 2.55. The lowest BCUT2D eigenvalue weighted by Crippen LogP contribution is -2.32. The van der Waals surface area contributed by atoms with Crippen LogP contribution in [0.3, 0.4) is 0 Å². The van der Waals surface area contributed by atoms with Gasteiger partial charge in [-0.1, -0.05) is 35.9 Å². The molecule has 0 aromatic heterocycles. The molecular formula is C17H17ClN2O4. The van der Waals surface area contributed by atoms with Gasteiger partial charge in [-0.3, -0.25) is 14.9 Å². The van der Waals surface area contributed by atoms with Gasteiger partial charge in [0, 0.05) is 23.7 Å². The molecule has 0 fully saturated rings. The highest BCUT2D eigenvalue weighted by molar-refractivity contribution is 6.30. The molecule has 2 aromatic carbocycles. The van der Waals surface area contributed by atoms with Crippen LogP contribution < -0.4 is 4.74 Å². The van der Waals surface area contributed by atoms with E-state index in [2.05, 4.69) is 0 Å². The highest BCUT2D eigenvalue weighted by Crippen LogP contribution is 2.19. The summed E-state index contributed by atoms with van der Waals surface area (Å²) in [6, 6.07) is 13.2. The molecule has 0 spiro atoms. The first-order valence-corrected chi connectivity index (χ1v) is 7.70. The number of likely N-dealkylation sites (N-methyl/N-ethyl adjacent to an activating group) is 1. The van der Waals surface area contributed by atoms with Crippen molar-refractivity contribution in [3.63, 3.8) is 0 Å².